The minimum atomic E-state index is 0.0191. The van der Waals surface area contributed by atoms with Crippen molar-refractivity contribution in [2.75, 3.05) is 7.11 Å². The van der Waals surface area contributed by atoms with Crippen LogP contribution in [0.3, 0.4) is 0 Å². The minimum absolute atomic E-state index is 0.0191. The highest BCUT2D eigenvalue weighted by Gasteiger charge is 2.21. The number of hydrogen-bond acceptors (Lipinski definition) is 2. The predicted octanol–water partition coefficient (Wildman–Crippen LogP) is 4.24. The summed E-state index contributed by atoms with van der Waals surface area (Å²) in [6.07, 6.45) is 0.569. The Labute approximate surface area is 110 Å². The van der Waals surface area contributed by atoms with Crippen LogP contribution >= 0.6 is 0 Å². The smallest absolute Gasteiger partial charge is 0.163 e. The molecule has 0 radical (unpaired) electrons. The second-order valence-electron chi connectivity index (χ2n) is 6.18. The van der Waals surface area contributed by atoms with Gasteiger partial charge in [0.2, 0.25) is 0 Å². The van der Waals surface area contributed by atoms with Gasteiger partial charge < -0.3 is 4.74 Å². The lowest BCUT2D eigenvalue weighted by molar-refractivity contribution is 0.0939. The number of benzene rings is 1. The molecule has 0 spiro atoms. The fraction of sp³-hybridized carbons (Fsp3) is 0.562. The van der Waals surface area contributed by atoms with Crippen LogP contribution in [0.5, 0.6) is 5.75 Å². The summed E-state index contributed by atoms with van der Waals surface area (Å²) < 4.78 is 5.38. The number of methoxy groups -OCH3 is 1. The number of aryl methyl sites for hydroxylation is 1. The van der Waals surface area contributed by atoms with Crippen LogP contribution in [-0.4, -0.2) is 12.9 Å². The van der Waals surface area contributed by atoms with Gasteiger partial charge in [-0.05, 0) is 48.9 Å². The summed E-state index contributed by atoms with van der Waals surface area (Å²) in [6.45, 7) is 12.2. The van der Waals surface area contributed by atoms with E-state index >= 15 is 0 Å². The molecule has 1 rings (SSSR count). The van der Waals surface area contributed by atoms with E-state index in [2.05, 4.69) is 20.8 Å². The van der Waals surface area contributed by atoms with Gasteiger partial charge in [-0.3, -0.25) is 4.79 Å². The molecular weight excluding hydrogens is 224 g/mol. The molecule has 0 N–H and O–H groups in total. The van der Waals surface area contributed by atoms with Crippen molar-refractivity contribution >= 4 is 5.78 Å². The number of rotatable bonds is 3. The van der Waals surface area contributed by atoms with Gasteiger partial charge in [0.15, 0.2) is 5.78 Å². The fourth-order valence-corrected chi connectivity index (χ4v) is 2.24. The van der Waals surface area contributed by atoms with Crippen molar-refractivity contribution in [3.63, 3.8) is 0 Å². The Morgan fingerprint density at radius 3 is 2.17 bits per heavy atom. The number of ketones is 1. The first-order valence-corrected chi connectivity index (χ1v) is 6.35. The average Bonchev–Trinajstić information content (AvgIpc) is 2.21. The average molecular weight is 248 g/mol. The van der Waals surface area contributed by atoms with E-state index in [1.54, 1.807) is 7.11 Å². The highest BCUT2D eigenvalue weighted by atomic mass is 16.5. The van der Waals surface area contributed by atoms with Gasteiger partial charge in [-0.25, -0.2) is 0 Å². The fourth-order valence-electron chi connectivity index (χ4n) is 2.24. The molecule has 1 aromatic rings. The van der Waals surface area contributed by atoms with Crippen molar-refractivity contribution in [1.29, 1.82) is 0 Å². The number of carbonyl (C=O) groups excluding carboxylic acids is 1. The van der Waals surface area contributed by atoms with Gasteiger partial charge in [0.25, 0.3) is 0 Å². The second kappa shape index (κ2) is 5.13. The summed E-state index contributed by atoms with van der Waals surface area (Å²) in [5.74, 6) is 1.11. The molecule has 2 heteroatoms. The Morgan fingerprint density at radius 2 is 1.72 bits per heavy atom. The first kappa shape index (κ1) is 14.7. The van der Waals surface area contributed by atoms with Crippen LogP contribution in [0.15, 0.2) is 6.07 Å². The molecular formula is C16H24O2. The first-order chi connectivity index (χ1) is 8.17. The Hall–Kier alpha value is -1.31. The second-order valence-corrected chi connectivity index (χ2v) is 6.18. The van der Waals surface area contributed by atoms with E-state index in [0.29, 0.717) is 6.42 Å². The maximum Gasteiger partial charge on any atom is 0.163 e. The SMILES string of the molecule is COc1c(C)cc(C(=O)CC(C)(C)C)c(C)c1C. The van der Waals surface area contributed by atoms with Crippen LogP contribution in [-0.2, 0) is 0 Å². The molecule has 0 saturated heterocycles. The molecule has 100 valence electrons. The molecule has 0 bridgehead atoms. The van der Waals surface area contributed by atoms with Crippen molar-refractivity contribution in [2.24, 2.45) is 5.41 Å². The third-order valence-corrected chi connectivity index (χ3v) is 3.22. The summed E-state index contributed by atoms with van der Waals surface area (Å²) in [6, 6.07) is 1.95. The number of hydrogen-bond donors (Lipinski definition) is 0. The van der Waals surface area contributed by atoms with Gasteiger partial charge in [0, 0.05) is 12.0 Å². The third kappa shape index (κ3) is 3.12. The van der Waals surface area contributed by atoms with E-state index in [1.807, 2.05) is 26.8 Å². The minimum Gasteiger partial charge on any atom is -0.496 e. The van der Waals surface area contributed by atoms with Gasteiger partial charge in [-0.1, -0.05) is 20.8 Å². The Balaban J connectivity index is 3.23. The van der Waals surface area contributed by atoms with Crippen molar-refractivity contribution < 1.29 is 9.53 Å². The van der Waals surface area contributed by atoms with E-state index in [0.717, 1.165) is 28.0 Å². The zero-order valence-electron chi connectivity index (χ0n) is 12.6. The maximum absolute atomic E-state index is 12.3. The quantitative estimate of drug-likeness (QED) is 0.748. The molecule has 0 aliphatic heterocycles. The molecule has 0 aliphatic rings. The summed E-state index contributed by atoms with van der Waals surface area (Å²) in [4.78, 5) is 12.3. The van der Waals surface area contributed by atoms with Crippen LogP contribution in [0.1, 0.15) is 54.2 Å². The predicted molar refractivity (Wildman–Crippen MR) is 75.6 cm³/mol. The van der Waals surface area contributed by atoms with Gasteiger partial charge in [0.05, 0.1) is 7.11 Å². The van der Waals surface area contributed by atoms with Crippen molar-refractivity contribution in [3.8, 4) is 5.75 Å². The lowest BCUT2D eigenvalue weighted by Crippen LogP contribution is -2.15. The number of ether oxygens (including phenoxy) is 1. The molecule has 0 aliphatic carbocycles. The molecule has 0 fully saturated rings. The number of Topliss-reactive ketones (excluding diaryl/α,β-unsaturated/α-hetero) is 1. The molecule has 0 aromatic heterocycles. The van der Waals surface area contributed by atoms with Crippen LogP contribution in [0.25, 0.3) is 0 Å². The van der Waals surface area contributed by atoms with E-state index < -0.39 is 0 Å². The Kier molecular flexibility index (Phi) is 4.20. The van der Waals surface area contributed by atoms with Crippen LogP contribution in [0.2, 0.25) is 0 Å². The monoisotopic (exact) mass is 248 g/mol. The molecule has 0 heterocycles. The van der Waals surface area contributed by atoms with Gasteiger partial charge >= 0.3 is 0 Å². The molecule has 0 unspecified atom stereocenters. The van der Waals surface area contributed by atoms with Crippen molar-refractivity contribution in [2.45, 2.75) is 48.0 Å². The van der Waals surface area contributed by atoms with Crippen LogP contribution < -0.4 is 4.74 Å². The first-order valence-electron chi connectivity index (χ1n) is 6.35. The normalized spacial score (nSPS) is 11.5. The maximum atomic E-state index is 12.3. The van der Waals surface area contributed by atoms with Crippen molar-refractivity contribution in [3.05, 3.63) is 28.3 Å². The molecule has 0 amide bonds. The topological polar surface area (TPSA) is 26.3 Å². The standard InChI is InChI=1S/C16H24O2/c1-10-8-13(14(17)9-16(4,5)6)11(2)12(3)15(10)18-7/h8H,9H2,1-7H3. The van der Waals surface area contributed by atoms with Crippen molar-refractivity contribution in [1.82, 2.24) is 0 Å². The van der Waals surface area contributed by atoms with Gasteiger partial charge in [0.1, 0.15) is 5.75 Å². The van der Waals surface area contributed by atoms with E-state index in [9.17, 15) is 4.79 Å². The number of carbonyl (C=O) groups is 1. The lowest BCUT2D eigenvalue weighted by Gasteiger charge is -2.19. The zero-order valence-corrected chi connectivity index (χ0v) is 12.6. The molecule has 1 aromatic carbocycles. The molecule has 18 heavy (non-hydrogen) atoms. The van der Waals surface area contributed by atoms with Gasteiger partial charge in [-0.15, -0.1) is 0 Å². The van der Waals surface area contributed by atoms with E-state index in [-0.39, 0.29) is 11.2 Å². The van der Waals surface area contributed by atoms with E-state index in [4.69, 9.17) is 4.74 Å². The third-order valence-electron chi connectivity index (χ3n) is 3.22. The summed E-state index contributed by atoms with van der Waals surface area (Å²) in [5.41, 5.74) is 3.98. The molecule has 0 atom stereocenters. The van der Waals surface area contributed by atoms with E-state index in [1.165, 1.54) is 0 Å². The molecule has 0 saturated carbocycles. The highest BCUT2D eigenvalue weighted by Crippen LogP contribution is 2.31. The van der Waals surface area contributed by atoms with Crippen LogP contribution in [0, 0.1) is 26.2 Å². The zero-order chi connectivity index (χ0) is 14.1. The Morgan fingerprint density at radius 1 is 1.17 bits per heavy atom. The van der Waals surface area contributed by atoms with Crippen LogP contribution in [0.4, 0.5) is 0 Å². The summed E-state index contributed by atoms with van der Waals surface area (Å²) in [5, 5.41) is 0. The summed E-state index contributed by atoms with van der Waals surface area (Å²) in [7, 11) is 1.67. The highest BCUT2D eigenvalue weighted by molar-refractivity contribution is 5.98. The Bertz CT molecular complexity index is 465. The molecule has 2 nitrogen and oxygen atoms in total. The summed E-state index contributed by atoms with van der Waals surface area (Å²) >= 11 is 0. The lowest BCUT2D eigenvalue weighted by atomic mass is 9.85. The largest absolute Gasteiger partial charge is 0.496 e. The van der Waals surface area contributed by atoms with Gasteiger partial charge in [-0.2, -0.15) is 0 Å².